The number of aliphatic hydroxyl groups is 1. The van der Waals surface area contributed by atoms with Crippen molar-refractivity contribution in [1.82, 2.24) is 14.7 Å². The maximum Gasteiger partial charge on any atom is 0.0847 e. The summed E-state index contributed by atoms with van der Waals surface area (Å²) in [5.74, 6) is 0. The molecule has 4 nitrogen and oxygen atoms in total. The van der Waals surface area contributed by atoms with E-state index in [4.69, 9.17) is 11.6 Å². The molecule has 0 saturated heterocycles. The first-order valence-corrected chi connectivity index (χ1v) is 7.21. The number of aliphatic hydroxyl groups excluding tert-OH is 1. The van der Waals surface area contributed by atoms with Gasteiger partial charge < -0.3 is 10.0 Å². The Morgan fingerprint density at radius 2 is 1.89 bits per heavy atom. The predicted molar refractivity (Wildman–Crippen MR) is 79.7 cm³/mol. The zero-order valence-electron chi connectivity index (χ0n) is 12.9. The Hall–Kier alpha value is -0.580. The highest BCUT2D eigenvalue weighted by molar-refractivity contribution is 6.31. The maximum atomic E-state index is 10.7. The van der Waals surface area contributed by atoms with Gasteiger partial charge in [-0.15, -0.1) is 0 Å². The minimum atomic E-state index is -0.468. The summed E-state index contributed by atoms with van der Waals surface area (Å²) in [4.78, 5) is 2.12. The summed E-state index contributed by atoms with van der Waals surface area (Å²) < 4.78 is 1.77. The molecular formula is C14H26ClN3O. The van der Waals surface area contributed by atoms with Crippen LogP contribution in [0.4, 0.5) is 0 Å². The van der Waals surface area contributed by atoms with Crippen LogP contribution in [-0.4, -0.2) is 45.5 Å². The van der Waals surface area contributed by atoms with Gasteiger partial charge in [-0.05, 0) is 33.9 Å². The van der Waals surface area contributed by atoms with Gasteiger partial charge in [0.1, 0.15) is 0 Å². The molecule has 0 aliphatic rings. The number of hydrogen-bond donors (Lipinski definition) is 1. The van der Waals surface area contributed by atoms with Crippen molar-refractivity contribution in [3.05, 3.63) is 16.4 Å². The first kappa shape index (κ1) is 16.5. The molecule has 1 atom stereocenters. The molecule has 5 heteroatoms. The van der Waals surface area contributed by atoms with E-state index in [-0.39, 0.29) is 5.54 Å². The minimum Gasteiger partial charge on any atom is -0.391 e. The lowest BCUT2D eigenvalue weighted by molar-refractivity contribution is -0.0134. The van der Waals surface area contributed by atoms with Crippen LogP contribution in [0, 0.1) is 6.92 Å². The summed E-state index contributed by atoms with van der Waals surface area (Å²) >= 11 is 6.27. The van der Waals surface area contributed by atoms with E-state index >= 15 is 0 Å². The van der Waals surface area contributed by atoms with E-state index in [0.717, 1.165) is 24.2 Å². The molecule has 1 heterocycles. The van der Waals surface area contributed by atoms with Crippen LogP contribution in [0.5, 0.6) is 0 Å². The fraction of sp³-hybridized carbons (Fsp3) is 0.786. The Labute approximate surface area is 121 Å². The van der Waals surface area contributed by atoms with Crippen LogP contribution in [0.15, 0.2) is 0 Å². The number of nitrogens with zero attached hydrogens (tertiary/aromatic N) is 3. The average Bonchev–Trinajstić information content (AvgIpc) is 2.58. The molecule has 0 aliphatic heterocycles. The van der Waals surface area contributed by atoms with Crippen molar-refractivity contribution in [2.24, 2.45) is 7.05 Å². The van der Waals surface area contributed by atoms with E-state index < -0.39 is 6.10 Å². The van der Waals surface area contributed by atoms with Crippen molar-refractivity contribution in [3.8, 4) is 0 Å². The predicted octanol–water partition coefficient (Wildman–Crippen LogP) is 2.41. The highest BCUT2D eigenvalue weighted by Gasteiger charge is 2.37. The first-order chi connectivity index (χ1) is 8.80. The third-order valence-electron chi connectivity index (χ3n) is 4.38. The molecule has 0 radical (unpaired) electrons. The summed E-state index contributed by atoms with van der Waals surface area (Å²) in [5.41, 5.74) is 1.50. The van der Waals surface area contributed by atoms with Crippen LogP contribution in [0.2, 0.25) is 5.02 Å². The Kier molecular flexibility index (Phi) is 5.42. The standard InChI is InChI=1S/C14H26ClN3O/c1-7-14(8-2,17(4)5)12(19)9-11-13(15)10(3)16-18(11)6/h12,19H,7-9H2,1-6H3. The average molecular weight is 288 g/mol. The van der Waals surface area contributed by atoms with E-state index in [1.165, 1.54) is 0 Å². The van der Waals surface area contributed by atoms with Gasteiger partial charge >= 0.3 is 0 Å². The minimum absolute atomic E-state index is 0.221. The number of aromatic nitrogens is 2. The Morgan fingerprint density at radius 3 is 2.21 bits per heavy atom. The van der Waals surface area contributed by atoms with Crippen LogP contribution in [0.3, 0.4) is 0 Å². The van der Waals surface area contributed by atoms with E-state index in [1.807, 2.05) is 28.1 Å². The van der Waals surface area contributed by atoms with Crippen LogP contribution in [-0.2, 0) is 13.5 Å². The van der Waals surface area contributed by atoms with Gasteiger partial charge in [-0.2, -0.15) is 5.10 Å². The molecule has 0 bridgehead atoms. The topological polar surface area (TPSA) is 41.3 Å². The van der Waals surface area contributed by atoms with Gasteiger partial charge in [-0.25, -0.2) is 0 Å². The third kappa shape index (κ3) is 2.96. The SMILES string of the molecule is CCC(CC)(C(O)Cc1c(Cl)c(C)nn1C)N(C)C. The molecule has 0 spiro atoms. The Morgan fingerprint density at radius 1 is 1.37 bits per heavy atom. The number of halogens is 1. The molecule has 110 valence electrons. The number of rotatable bonds is 6. The van der Waals surface area contributed by atoms with Crippen molar-refractivity contribution in [1.29, 1.82) is 0 Å². The second-order valence-corrected chi connectivity index (χ2v) is 5.77. The molecular weight excluding hydrogens is 262 g/mol. The molecule has 0 aromatic carbocycles. The van der Waals surface area contributed by atoms with E-state index in [2.05, 4.69) is 23.8 Å². The second-order valence-electron chi connectivity index (χ2n) is 5.39. The third-order valence-corrected chi connectivity index (χ3v) is 4.88. The second kappa shape index (κ2) is 6.25. The summed E-state index contributed by atoms with van der Waals surface area (Å²) in [6.45, 7) is 6.11. The van der Waals surface area contributed by atoms with Crippen molar-refractivity contribution in [3.63, 3.8) is 0 Å². The molecule has 0 aliphatic carbocycles. The molecule has 0 fully saturated rings. The molecule has 0 amide bonds. The molecule has 1 unspecified atom stereocenters. The van der Waals surface area contributed by atoms with Crippen molar-refractivity contribution >= 4 is 11.6 Å². The molecule has 1 rings (SSSR count). The molecule has 0 saturated carbocycles. The zero-order valence-corrected chi connectivity index (χ0v) is 13.6. The number of hydrogen-bond acceptors (Lipinski definition) is 3. The molecule has 1 aromatic rings. The maximum absolute atomic E-state index is 10.7. The van der Waals surface area contributed by atoms with E-state index in [1.54, 1.807) is 4.68 Å². The zero-order chi connectivity index (χ0) is 14.8. The fourth-order valence-electron chi connectivity index (χ4n) is 2.93. The van der Waals surface area contributed by atoms with Gasteiger partial charge in [0.25, 0.3) is 0 Å². The van der Waals surface area contributed by atoms with E-state index in [0.29, 0.717) is 11.4 Å². The van der Waals surface area contributed by atoms with Crippen LogP contribution < -0.4 is 0 Å². The lowest BCUT2D eigenvalue weighted by Crippen LogP contribution is -2.53. The first-order valence-electron chi connectivity index (χ1n) is 6.83. The number of aryl methyl sites for hydroxylation is 2. The normalized spacial score (nSPS) is 14.2. The quantitative estimate of drug-likeness (QED) is 0.873. The lowest BCUT2D eigenvalue weighted by Gasteiger charge is -2.42. The summed E-state index contributed by atoms with van der Waals surface area (Å²) in [6.07, 6.45) is 1.85. The van der Waals surface area contributed by atoms with Crippen molar-refractivity contribution in [2.45, 2.75) is 51.7 Å². The van der Waals surface area contributed by atoms with Gasteiger partial charge in [0.05, 0.1) is 22.5 Å². The summed E-state index contributed by atoms with van der Waals surface area (Å²) in [7, 11) is 5.91. The van der Waals surface area contributed by atoms with Crippen LogP contribution in [0.25, 0.3) is 0 Å². The van der Waals surface area contributed by atoms with Gasteiger partial charge in [-0.1, -0.05) is 25.4 Å². The van der Waals surface area contributed by atoms with Crippen molar-refractivity contribution < 1.29 is 5.11 Å². The van der Waals surface area contributed by atoms with Crippen molar-refractivity contribution in [2.75, 3.05) is 14.1 Å². The van der Waals surface area contributed by atoms with Crippen LogP contribution >= 0.6 is 11.6 Å². The summed E-state index contributed by atoms with van der Waals surface area (Å²) in [5, 5.41) is 15.7. The molecule has 1 N–H and O–H groups in total. The number of likely N-dealkylation sites (N-methyl/N-ethyl adjacent to an activating group) is 1. The van der Waals surface area contributed by atoms with E-state index in [9.17, 15) is 5.11 Å². The molecule has 19 heavy (non-hydrogen) atoms. The highest BCUT2D eigenvalue weighted by atomic mass is 35.5. The van der Waals surface area contributed by atoms with Gasteiger partial charge in [-0.3, -0.25) is 4.68 Å². The molecule has 1 aromatic heterocycles. The van der Waals surface area contributed by atoms with Crippen LogP contribution in [0.1, 0.15) is 38.1 Å². The van der Waals surface area contributed by atoms with Gasteiger partial charge in [0.15, 0.2) is 0 Å². The largest absolute Gasteiger partial charge is 0.391 e. The highest BCUT2D eigenvalue weighted by Crippen LogP contribution is 2.30. The Bertz CT molecular complexity index is 425. The Balaban J connectivity index is 3.03. The summed E-state index contributed by atoms with van der Waals surface area (Å²) in [6, 6.07) is 0. The smallest absolute Gasteiger partial charge is 0.0847 e. The van der Waals surface area contributed by atoms with Gasteiger partial charge in [0.2, 0.25) is 0 Å². The monoisotopic (exact) mass is 287 g/mol. The lowest BCUT2D eigenvalue weighted by atomic mass is 9.83. The fourth-order valence-corrected chi connectivity index (χ4v) is 3.16. The van der Waals surface area contributed by atoms with Gasteiger partial charge in [0, 0.05) is 19.0 Å².